The maximum absolute atomic E-state index is 13.6. The first-order chi connectivity index (χ1) is 27.1. The summed E-state index contributed by atoms with van der Waals surface area (Å²) in [4.78, 5) is 19.0. The summed E-state index contributed by atoms with van der Waals surface area (Å²) >= 11 is 0. The summed E-state index contributed by atoms with van der Waals surface area (Å²) in [6.45, 7) is 9.75. The number of amides is 1. The topological polar surface area (TPSA) is 120 Å². The van der Waals surface area contributed by atoms with Crippen LogP contribution in [0, 0.1) is 12.8 Å². The SMILES string of the molecule is Cc1ccc(S(=O)(=O)NC(Cc2ccccc2)C(=O)NCc2ccc(C3OC(CN4CCCC4CN4CCCC4)C(C)C(c4ccc(CO)cc4)O3)cc2)cc1. The Morgan fingerprint density at radius 2 is 1.48 bits per heavy atom. The number of nitrogens with zero attached hydrogens (tertiary/aromatic N) is 2. The number of benzene rings is 4. The Bertz CT molecular complexity index is 1970. The molecule has 6 unspecified atom stereocenters. The Hall–Kier alpha value is -3.94. The van der Waals surface area contributed by atoms with E-state index in [-0.39, 0.29) is 42.6 Å². The summed E-state index contributed by atoms with van der Waals surface area (Å²) < 4.78 is 42.9. The number of ether oxygens (including phenoxy) is 2. The van der Waals surface area contributed by atoms with Crippen LogP contribution in [0.4, 0.5) is 0 Å². The van der Waals surface area contributed by atoms with Crippen LogP contribution < -0.4 is 10.0 Å². The average Bonchev–Trinajstić information content (AvgIpc) is 3.90. The minimum atomic E-state index is -3.95. The quantitative estimate of drug-likeness (QED) is 0.134. The molecular weight excluding hydrogens is 725 g/mol. The zero-order valence-electron chi connectivity index (χ0n) is 32.6. The zero-order valence-corrected chi connectivity index (χ0v) is 33.4. The van der Waals surface area contributed by atoms with Gasteiger partial charge in [-0.25, -0.2) is 8.42 Å². The Kier molecular flexibility index (Phi) is 13.3. The Morgan fingerprint density at radius 3 is 2.18 bits per heavy atom. The van der Waals surface area contributed by atoms with E-state index in [0.29, 0.717) is 6.04 Å². The second-order valence-electron chi connectivity index (χ2n) is 15.8. The minimum absolute atomic E-state index is 0.00733. The second-order valence-corrected chi connectivity index (χ2v) is 17.5. The molecule has 0 saturated carbocycles. The van der Waals surface area contributed by atoms with E-state index in [2.05, 4.69) is 38.9 Å². The second kappa shape index (κ2) is 18.5. The predicted molar refractivity (Wildman–Crippen MR) is 217 cm³/mol. The van der Waals surface area contributed by atoms with E-state index >= 15 is 0 Å². The van der Waals surface area contributed by atoms with E-state index in [1.807, 2.05) is 73.7 Å². The highest BCUT2D eigenvalue weighted by molar-refractivity contribution is 7.89. The number of sulfonamides is 1. The van der Waals surface area contributed by atoms with E-state index < -0.39 is 28.3 Å². The lowest BCUT2D eigenvalue weighted by Gasteiger charge is -2.43. The molecule has 3 aliphatic rings. The normalized spacial score (nSPS) is 23.9. The Morgan fingerprint density at radius 1 is 0.804 bits per heavy atom. The van der Waals surface area contributed by atoms with Gasteiger partial charge in [0.15, 0.2) is 6.29 Å². The van der Waals surface area contributed by atoms with Crippen LogP contribution in [0.1, 0.15) is 78.4 Å². The predicted octanol–water partition coefficient (Wildman–Crippen LogP) is 6.04. The van der Waals surface area contributed by atoms with Crippen molar-refractivity contribution in [1.82, 2.24) is 19.8 Å². The standard InChI is InChI=1S/C45H56N4O6S/c1-32-12-22-40(23-13-32)56(52,53)47-41(27-34-9-4-3-5-10-34)44(51)46-28-35-14-20-38(21-15-35)45-54-42(30-49-26-8-11-39(49)29-48-24-6-7-25-48)33(2)43(55-45)37-18-16-36(31-50)17-19-37/h3-5,9-10,12-23,33,39,41-43,45,47,50H,6-8,11,24-31H2,1-2H3,(H,46,51). The molecule has 0 aromatic heterocycles. The summed E-state index contributed by atoms with van der Waals surface area (Å²) in [5.74, 6) is -0.314. The van der Waals surface area contributed by atoms with Gasteiger partial charge in [0, 0.05) is 37.2 Å². The summed E-state index contributed by atoms with van der Waals surface area (Å²) in [5.41, 5.74) is 5.46. The fourth-order valence-electron chi connectivity index (χ4n) is 8.28. The number of aryl methyl sites for hydroxylation is 1. The first-order valence-corrected chi connectivity index (χ1v) is 21.6. The molecule has 0 bridgehead atoms. The van der Waals surface area contributed by atoms with E-state index in [1.165, 1.54) is 38.8 Å². The monoisotopic (exact) mass is 780 g/mol. The smallest absolute Gasteiger partial charge is 0.241 e. The Labute approximate surface area is 332 Å². The van der Waals surface area contributed by atoms with Gasteiger partial charge in [-0.2, -0.15) is 4.72 Å². The molecule has 0 aliphatic carbocycles. The van der Waals surface area contributed by atoms with Gasteiger partial charge < -0.3 is 24.8 Å². The maximum atomic E-state index is 13.6. The fourth-order valence-corrected chi connectivity index (χ4v) is 9.48. The molecule has 3 saturated heterocycles. The van der Waals surface area contributed by atoms with Gasteiger partial charge in [0.05, 0.1) is 23.7 Å². The van der Waals surface area contributed by atoms with Crippen LogP contribution in [0.3, 0.4) is 0 Å². The molecule has 4 aromatic carbocycles. The molecule has 10 nitrogen and oxygen atoms in total. The summed E-state index contributed by atoms with van der Waals surface area (Å²) in [7, 11) is -3.95. The summed E-state index contributed by atoms with van der Waals surface area (Å²) in [5, 5.41) is 12.6. The van der Waals surface area contributed by atoms with Crippen LogP contribution in [0.2, 0.25) is 0 Å². The van der Waals surface area contributed by atoms with Gasteiger partial charge in [0.25, 0.3) is 0 Å². The first-order valence-electron chi connectivity index (χ1n) is 20.1. The first kappa shape index (κ1) is 40.3. The molecule has 7 rings (SSSR count). The van der Waals surface area contributed by atoms with Crippen LogP contribution in [0.5, 0.6) is 0 Å². The number of aliphatic hydroxyl groups is 1. The van der Waals surface area contributed by atoms with Gasteiger partial charge in [-0.1, -0.05) is 103 Å². The molecule has 3 fully saturated rings. The van der Waals surface area contributed by atoms with Crippen LogP contribution in [0.25, 0.3) is 0 Å². The third kappa shape index (κ3) is 10.1. The molecular formula is C45H56N4O6S. The van der Waals surface area contributed by atoms with Crippen molar-refractivity contribution in [1.29, 1.82) is 0 Å². The third-order valence-electron chi connectivity index (χ3n) is 11.7. The van der Waals surface area contributed by atoms with E-state index in [0.717, 1.165) is 53.0 Å². The zero-order chi connectivity index (χ0) is 39.1. The van der Waals surface area contributed by atoms with Gasteiger partial charge in [-0.05, 0) is 93.0 Å². The van der Waals surface area contributed by atoms with Crippen molar-refractivity contribution in [2.24, 2.45) is 5.92 Å². The van der Waals surface area contributed by atoms with Crippen molar-refractivity contribution in [3.63, 3.8) is 0 Å². The molecule has 56 heavy (non-hydrogen) atoms. The summed E-state index contributed by atoms with van der Waals surface area (Å²) in [6, 6.07) is 31.4. The molecule has 0 spiro atoms. The molecule has 11 heteroatoms. The van der Waals surface area contributed by atoms with Crippen LogP contribution in [-0.2, 0) is 43.9 Å². The molecule has 1 amide bonds. The number of carbonyl (C=O) groups excluding carboxylic acids is 1. The molecule has 3 N–H and O–H groups in total. The number of hydrogen-bond donors (Lipinski definition) is 3. The van der Waals surface area contributed by atoms with Gasteiger partial charge in [0.2, 0.25) is 15.9 Å². The van der Waals surface area contributed by atoms with Gasteiger partial charge in [-0.3, -0.25) is 9.69 Å². The lowest BCUT2D eigenvalue weighted by atomic mass is 9.90. The highest BCUT2D eigenvalue weighted by Gasteiger charge is 2.41. The van der Waals surface area contributed by atoms with Crippen molar-refractivity contribution in [2.45, 2.75) is 94.6 Å². The number of likely N-dealkylation sites (tertiary alicyclic amines) is 2. The van der Waals surface area contributed by atoms with Crippen molar-refractivity contribution in [3.8, 4) is 0 Å². The highest BCUT2D eigenvalue weighted by atomic mass is 32.2. The molecule has 3 heterocycles. The van der Waals surface area contributed by atoms with Gasteiger partial charge >= 0.3 is 0 Å². The van der Waals surface area contributed by atoms with Gasteiger partial charge in [0.1, 0.15) is 6.04 Å². The summed E-state index contributed by atoms with van der Waals surface area (Å²) in [6.07, 6.45) is 4.36. The largest absolute Gasteiger partial charge is 0.392 e. The molecule has 0 radical (unpaired) electrons. The van der Waals surface area contributed by atoms with E-state index in [4.69, 9.17) is 9.47 Å². The van der Waals surface area contributed by atoms with Crippen LogP contribution in [0.15, 0.2) is 108 Å². The molecule has 6 atom stereocenters. The van der Waals surface area contributed by atoms with Crippen molar-refractivity contribution >= 4 is 15.9 Å². The maximum Gasteiger partial charge on any atom is 0.241 e. The van der Waals surface area contributed by atoms with Crippen molar-refractivity contribution in [3.05, 3.63) is 137 Å². The van der Waals surface area contributed by atoms with Crippen LogP contribution >= 0.6 is 0 Å². The third-order valence-corrected chi connectivity index (χ3v) is 13.1. The van der Waals surface area contributed by atoms with E-state index in [1.54, 1.807) is 24.3 Å². The van der Waals surface area contributed by atoms with Crippen LogP contribution in [-0.4, -0.2) is 80.1 Å². The number of nitrogens with one attached hydrogen (secondary N) is 2. The lowest BCUT2D eigenvalue weighted by Crippen LogP contribution is -2.48. The van der Waals surface area contributed by atoms with Crippen molar-refractivity contribution in [2.75, 3.05) is 32.7 Å². The fraction of sp³-hybridized carbons (Fsp3) is 0.444. The number of carbonyl (C=O) groups is 1. The number of aliphatic hydroxyl groups excluding tert-OH is 1. The number of hydrogen-bond acceptors (Lipinski definition) is 8. The van der Waals surface area contributed by atoms with Crippen molar-refractivity contribution < 1.29 is 27.8 Å². The average molecular weight is 781 g/mol. The lowest BCUT2D eigenvalue weighted by molar-refractivity contribution is -0.276. The Balaban J connectivity index is 1.04. The van der Waals surface area contributed by atoms with Gasteiger partial charge in [-0.15, -0.1) is 0 Å². The number of rotatable bonds is 15. The molecule has 298 valence electrons. The highest BCUT2D eigenvalue weighted by Crippen LogP contribution is 2.42. The minimum Gasteiger partial charge on any atom is -0.392 e. The molecule has 4 aromatic rings. The van der Waals surface area contributed by atoms with E-state index in [9.17, 15) is 18.3 Å². The molecule has 3 aliphatic heterocycles.